The van der Waals surface area contributed by atoms with Crippen molar-refractivity contribution in [3.05, 3.63) is 42.0 Å². The number of halogens is 1. The van der Waals surface area contributed by atoms with Crippen LogP contribution in [0.4, 0.5) is 0 Å². The lowest BCUT2D eigenvalue weighted by molar-refractivity contribution is -0.180. The molecule has 1 N–H and O–H groups in total. The maximum Gasteiger partial charge on any atom is 0.330 e. The topological polar surface area (TPSA) is 136 Å². The minimum atomic E-state index is -1.01. The first-order chi connectivity index (χ1) is 13.7. The number of piperazine rings is 1. The summed E-state index contributed by atoms with van der Waals surface area (Å²) in [5, 5.41) is 3.85. The van der Waals surface area contributed by atoms with Gasteiger partial charge in [-0.3, -0.25) is 19.1 Å². The molecule has 5 atom stereocenters. The number of nitrogens with zero attached hydrogens (tertiary/aromatic N) is 6. The number of hydrogen-bond acceptors (Lipinski definition) is 6. The molecule has 2 aliphatic heterocycles. The van der Waals surface area contributed by atoms with E-state index in [0.717, 1.165) is 13.1 Å². The predicted molar refractivity (Wildman–Crippen MR) is 108 cm³/mol. The molecule has 0 aliphatic carbocycles. The van der Waals surface area contributed by atoms with Crippen LogP contribution in [-0.4, -0.2) is 70.6 Å². The van der Waals surface area contributed by atoms with Gasteiger partial charge in [-0.2, -0.15) is 0 Å². The second-order valence-electron chi connectivity index (χ2n) is 7.63. The molecule has 3 rings (SSSR count). The molecule has 3 heterocycles. The van der Waals surface area contributed by atoms with Gasteiger partial charge in [0.2, 0.25) is 0 Å². The van der Waals surface area contributed by atoms with Crippen molar-refractivity contribution in [3.63, 3.8) is 0 Å². The van der Waals surface area contributed by atoms with Crippen molar-refractivity contribution in [1.82, 2.24) is 19.4 Å². The Morgan fingerprint density at radius 2 is 1.93 bits per heavy atom. The summed E-state index contributed by atoms with van der Waals surface area (Å²) in [7, 11) is 1.99. The second kappa shape index (κ2) is 8.70. The molecule has 0 saturated carbocycles. The molecular weight excluding hydrogens is 446 g/mol. The summed E-state index contributed by atoms with van der Waals surface area (Å²) in [6.45, 7) is 6.32. The average Bonchev–Trinajstić information content (AvgIpc) is 2.69. The normalized spacial score (nSPS) is 30.6. The standard InChI is InChI=1S/C17H24BrN7O4/c1-9-10(2)16(25-8-11(18)14(26)20-17(25)28)29-13(12(9)21-22-19)15(27)24-6-4-23(3)5-7-24/h8-10,12-13,16H,4-7H2,1-3H3,(H,20,26,28)/t9-,10-,12+,13+,16-/m1/s1. The van der Waals surface area contributed by atoms with Crippen LogP contribution in [0.15, 0.2) is 25.4 Å². The van der Waals surface area contributed by atoms with Crippen molar-refractivity contribution in [2.24, 2.45) is 17.0 Å². The van der Waals surface area contributed by atoms with Crippen LogP contribution >= 0.6 is 15.9 Å². The van der Waals surface area contributed by atoms with Gasteiger partial charge in [0.15, 0.2) is 0 Å². The Labute approximate surface area is 175 Å². The second-order valence-corrected chi connectivity index (χ2v) is 8.49. The highest BCUT2D eigenvalue weighted by Crippen LogP contribution is 2.38. The van der Waals surface area contributed by atoms with E-state index in [1.54, 1.807) is 4.90 Å². The van der Waals surface area contributed by atoms with Crippen LogP contribution in [-0.2, 0) is 9.53 Å². The molecule has 2 fully saturated rings. The quantitative estimate of drug-likeness (QED) is 0.398. The van der Waals surface area contributed by atoms with Gasteiger partial charge in [-0.25, -0.2) is 4.79 Å². The van der Waals surface area contributed by atoms with E-state index < -0.39 is 29.6 Å². The molecule has 1 aromatic rings. The van der Waals surface area contributed by atoms with Crippen LogP contribution in [0.2, 0.25) is 0 Å². The number of ether oxygens (including phenoxy) is 1. The SMILES string of the molecule is C[C@@H]1[C@@H](C)[C@H](n2cc(Br)c(=O)[nH]c2=O)O[C@H](C(=O)N2CCN(C)CC2)[C@H]1N=[N+]=[N-]. The van der Waals surface area contributed by atoms with Crippen molar-refractivity contribution < 1.29 is 9.53 Å². The highest BCUT2D eigenvalue weighted by molar-refractivity contribution is 9.10. The minimum absolute atomic E-state index is 0.180. The molecule has 29 heavy (non-hydrogen) atoms. The molecule has 2 saturated heterocycles. The molecule has 0 aromatic carbocycles. The van der Waals surface area contributed by atoms with Crippen LogP contribution in [0.25, 0.3) is 10.4 Å². The smallest absolute Gasteiger partial charge is 0.330 e. The van der Waals surface area contributed by atoms with Crippen LogP contribution < -0.4 is 11.2 Å². The molecule has 0 radical (unpaired) electrons. The largest absolute Gasteiger partial charge is 0.344 e. The van der Waals surface area contributed by atoms with Crippen molar-refractivity contribution in [3.8, 4) is 0 Å². The van der Waals surface area contributed by atoms with E-state index in [1.165, 1.54) is 10.8 Å². The molecule has 2 aliphatic rings. The van der Waals surface area contributed by atoms with Crippen LogP contribution in [0.5, 0.6) is 0 Å². The fraction of sp³-hybridized carbons (Fsp3) is 0.706. The van der Waals surface area contributed by atoms with Crippen molar-refractivity contribution >= 4 is 21.8 Å². The van der Waals surface area contributed by atoms with Gasteiger partial charge in [0, 0.05) is 43.2 Å². The summed E-state index contributed by atoms with van der Waals surface area (Å²) in [6.07, 6.45) is -0.444. The van der Waals surface area contributed by atoms with Crippen molar-refractivity contribution in [2.45, 2.75) is 32.2 Å². The number of likely N-dealkylation sites (N-methyl/N-ethyl adjacent to an activating group) is 1. The van der Waals surface area contributed by atoms with Crippen LogP contribution in [0.3, 0.4) is 0 Å². The first kappa shape index (κ1) is 21.6. The Kier molecular flexibility index (Phi) is 6.47. The Morgan fingerprint density at radius 1 is 1.28 bits per heavy atom. The molecule has 1 aromatic heterocycles. The summed E-state index contributed by atoms with van der Waals surface area (Å²) in [6, 6.07) is -0.694. The summed E-state index contributed by atoms with van der Waals surface area (Å²) >= 11 is 3.13. The Balaban J connectivity index is 1.96. The number of H-pyrrole nitrogens is 1. The number of aromatic amines is 1. The van der Waals surface area contributed by atoms with Gasteiger partial charge in [0.05, 0.1) is 10.5 Å². The van der Waals surface area contributed by atoms with E-state index in [1.807, 2.05) is 20.9 Å². The third kappa shape index (κ3) is 4.25. The maximum absolute atomic E-state index is 13.2. The van der Waals surface area contributed by atoms with Gasteiger partial charge in [0.1, 0.15) is 12.3 Å². The highest BCUT2D eigenvalue weighted by Gasteiger charge is 2.46. The molecule has 11 nitrogen and oxygen atoms in total. The number of hydrogen-bond donors (Lipinski definition) is 1. The highest BCUT2D eigenvalue weighted by atomic mass is 79.9. The van der Waals surface area contributed by atoms with Gasteiger partial charge >= 0.3 is 5.69 Å². The van der Waals surface area contributed by atoms with Gasteiger partial charge in [-0.15, -0.1) is 0 Å². The predicted octanol–water partition coefficient (Wildman–Crippen LogP) is 0.922. The number of rotatable bonds is 3. The summed E-state index contributed by atoms with van der Waals surface area (Å²) in [4.78, 5) is 46.3. The van der Waals surface area contributed by atoms with E-state index in [0.29, 0.717) is 13.1 Å². The van der Waals surface area contributed by atoms with E-state index in [9.17, 15) is 14.4 Å². The van der Waals surface area contributed by atoms with Gasteiger partial charge in [-0.1, -0.05) is 19.0 Å². The van der Waals surface area contributed by atoms with E-state index in [2.05, 4.69) is 35.8 Å². The average molecular weight is 470 g/mol. The molecule has 12 heteroatoms. The summed E-state index contributed by atoms with van der Waals surface area (Å²) < 4.78 is 7.54. The zero-order valence-electron chi connectivity index (χ0n) is 16.5. The van der Waals surface area contributed by atoms with Gasteiger partial charge in [0.25, 0.3) is 11.5 Å². The van der Waals surface area contributed by atoms with Crippen molar-refractivity contribution in [2.75, 3.05) is 33.2 Å². The fourth-order valence-electron chi connectivity index (χ4n) is 3.81. The zero-order chi connectivity index (χ0) is 21.3. The first-order valence-corrected chi connectivity index (χ1v) is 10.2. The molecule has 1 amide bonds. The summed E-state index contributed by atoms with van der Waals surface area (Å²) in [5.74, 6) is -0.739. The number of carbonyl (C=O) groups is 1. The van der Waals surface area contributed by atoms with Crippen LogP contribution in [0.1, 0.15) is 20.1 Å². The summed E-state index contributed by atoms with van der Waals surface area (Å²) in [5.41, 5.74) is 7.86. The molecule has 0 bridgehead atoms. The van der Waals surface area contributed by atoms with E-state index in [-0.39, 0.29) is 22.2 Å². The van der Waals surface area contributed by atoms with Gasteiger partial charge < -0.3 is 14.5 Å². The number of azide groups is 1. The third-order valence-corrected chi connectivity index (χ3v) is 6.42. The van der Waals surface area contributed by atoms with Gasteiger partial charge in [-0.05, 0) is 34.4 Å². The monoisotopic (exact) mass is 469 g/mol. The number of aromatic nitrogens is 2. The zero-order valence-corrected chi connectivity index (χ0v) is 18.1. The molecule has 0 unspecified atom stereocenters. The number of amides is 1. The lowest BCUT2D eigenvalue weighted by Gasteiger charge is -2.44. The van der Waals surface area contributed by atoms with E-state index in [4.69, 9.17) is 10.3 Å². The molecular formula is C17H24BrN7O4. The third-order valence-electron chi connectivity index (χ3n) is 5.86. The Hall–Kier alpha value is -2.14. The molecule has 158 valence electrons. The molecule has 0 spiro atoms. The maximum atomic E-state index is 13.2. The Bertz CT molecular complexity index is 932. The van der Waals surface area contributed by atoms with Crippen molar-refractivity contribution in [1.29, 1.82) is 0 Å². The first-order valence-electron chi connectivity index (χ1n) is 9.42. The lowest BCUT2D eigenvalue weighted by atomic mass is 9.82. The number of carbonyl (C=O) groups excluding carboxylic acids is 1. The van der Waals surface area contributed by atoms with E-state index >= 15 is 0 Å². The number of nitrogens with one attached hydrogen (secondary N) is 1. The fourth-order valence-corrected chi connectivity index (χ4v) is 4.13. The lowest BCUT2D eigenvalue weighted by Crippen LogP contribution is -2.58. The minimum Gasteiger partial charge on any atom is -0.344 e. The Morgan fingerprint density at radius 3 is 2.55 bits per heavy atom. The van der Waals surface area contributed by atoms with Crippen LogP contribution in [0, 0.1) is 11.8 Å².